The molecule has 0 fully saturated rings. The van der Waals surface area contributed by atoms with E-state index < -0.39 is 11.6 Å². The fourth-order valence-electron chi connectivity index (χ4n) is 4.21. The highest BCUT2D eigenvalue weighted by Gasteiger charge is 2.38. The van der Waals surface area contributed by atoms with Gasteiger partial charge in [0.05, 0.1) is 40.6 Å². The standard InChI is InChI=1S/C31H37NO7/c1-4-37-20-21-38-19-18-30(34)32-27(22-33)23-39-31(24-8-6-5-7-9-24,25-10-14-28(35-2)15-11-25)26-12-16-29(36-3)17-13-26/h5-17,22,27H,4,18-21,23H2,1-3H3,(H,32,34). The summed E-state index contributed by atoms with van der Waals surface area (Å²) < 4.78 is 28.1. The van der Waals surface area contributed by atoms with Crippen molar-refractivity contribution >= 4 is 12.2 Å². The molecule has 0 bridgehead atoms. The molecule has 0 heterocycles. The zero-order valence-electron chi connectivity index (χ0n) is 22.8. The number of aldehydes is 1. The van der Waals surface area contributed by atoms with Crippen LogP contribution in [0.25, 0.3) is 0 Å². The summed E-state index contributed by atoms with van der Waals surface area (Å²) >= 11 is 0. The van der Waals surface area contributed by atoms with E-state index in [1.807, 2.05) is 85.8 Å². The van der Waals surface area contributed by atoms with E-state index in [1.54, 1.807) is 14.2 Å². The lowest BCUT2D eigenvalue weighted by molar-refractivity contribution is -0.126. The molecule has 0 spiro atoms. The van der Waals surface area contributed by atoms with Crippen LogP contribution in [0.1, 0.15) is 30.0 Å². The summed E-state index contributed by atoms with van der Waals surface area (Å²) in [5.41, 5.74) is 1.43. The number of methoxy groups -OCH3 is 2. The Morgan fingerprint density at radius 1 is 0.795 bits per heavy atom. The predicted octanol–water partition coefficient (Wildman–Crippen LogP) is 4.14. The van der Waals surface area contributed by atoms with E-state index in [4.69, 9.17) is 23.7 Å². The number of hydrogen-bond donors (Lipinski definition) is 1. The lowest BCUT2D eigenvalue weighted by atomic mass is 9.80. The van der Waals surface area contributed by atoms with Crippen molar-refractivity contribution in [3.63, 3.8) is 0 Å². The van der Waals surface area contributed by atoms with Crippen LogP contribution in [0.4, 0.5) is 0 Å². The van der Waals surface area contributed by atoms with Crippen molar-refractivity contribution in [1.82, 2.24) is 5.32 Å². The highest BCUT2D eigenvalue weighted by Crippen LogP contribution is 2.41. The smallest absolute Gasteiger partial charge is 0.222 e. The van der Waals surface area contributed by atoms with Crippen LogP contribution in [0.3, 0.4) is 0 Å². The molecule has 3 rings (SSSR count). The number of ether oxygens (including phenoxy) is 5. The summed E-state index contributed by atoms with van der Waals surface area (Å²) in [7, 11) is 3.22. The van der Waals surface area contributed by atoms with E-state index in [0.717, 1.165) is 16.7 Å². The molecule has 0 aliphatic heterocycles. The Kier molecular flexibility index (Phi) is 12.0. The molecule has 0 aliphatic carbocycles. The summed E-state index contributed by atoms with van der Waals surface area (Å²) in [6.07, 6.45) is 0.808. The Morgan fingerprint density at radius 3 is 1.85 bits per heavy atom. The van der Waals surface area contributed by atoms with Gasteiger partial charge in [-0.2, -0.15) is 0 Å². The average Bonchev–Trinajstić information content (AvgIpc) is 2.99. The fraction of sp³-hybridized carbons (Fsp3) is 0.355. The Balaban J connectivity index is 1.88. The van der Waals surface area contributed by atoms with Gasteiger partial charge in [-0.05, 0) is 47.9 Å². The highest BCUT2D eigenvalue weighted by atomic mass is 16.5. The minimum atomic E-state index is -1.09. The van der Waals surface area contributed by atoms with Crippen LogP contribution in [0.5, 0.6) is 11.5 Å². The molecule has 0 aromatic heterocycles. The number of amides is 1. The molecule has 1 N–H and O–H groups in total. The zero-order chi connectivity index (χ0) is 27.9. The molecule has 0 saturated heterocycles. The summed E-state index contributed by atoms with van der Waals surface area (Å²) in [5.74, 6) is 1.11. The van der Waals surface area contributed by atoms with Crippen LogP contribution in [-0.2, 0) is 29.4 Å². The van der Waals surface area contributed by atoms with Gasteiger partial charge in [0.25, 0.3) is 0 Å². The lowest BCUT2D eigenvalue weighted by Gasteiger charge is -2.37. The minimum Gasteiger partial charge on any atom is -0.497 e. The van der Waals surface area contributed by atoms with E-state index in [0.29, 0.717) is 37.6 Å². The Morgan fingerprint density at radius 2 is 1.33 bits per heavy atom. The van der Waals surface area contributed by atoms with Crippen molar-refractivity contribution in [2.24, 2.45) is 0 Å². The van der Waals surface area contributed by atoms with Crippen LogP contribution in [0.15, 0.2) is 78.9 Å². The number of carbonyl (C=O) groups excluding carboxylic acids is 2. The number of rotatable bonds is 17. The Labute approximate surface area is 230 Å². The maximum atomic E-state index is 12.5. The van der Waals surface area contributed by atoms with Crippen molar-refractivity contribution in [2.75, 3.05) is 47.3 Å². The molecular weight excluding hydrogens is 498 g/mol. The minimum absolute atomic E-state index is 0.0621. The van der Waals surface area contributed by atoms with Gasteiger partial charge in [0.2, 0.25) is 5.91 Å². The molecule has 0 saturated carbocycles. The van der Waals surface area contributed by atoms with E-state index in [-0.39, 0.29) is 25.5 Å². The quantitative estimate of drug-likeness (QED) is 0.158. The molecule has 1 amide bonds. The van der Waals surface area contributed by atoms with Gasteiger partial charge >= 0.3 is 0 Å². The first-order valence-corrected chi connectivity index (χ1v) is 13.0. The van der Waals surface area contributed by atoms with Crippen LogP contribution in [0.2, 0.25) is 0 Å². The van der Waals surface area contributed by atoms with E-state index in [1.165, 1.54) is 0 Å². The third-order valence-electron chi connectivity index (χ3n) is 6.21. The summed E-state index contributed by atoms with van der Waals surface area (Å²) in [6, 6.07) is 24.1. The summed E-state index contributed by atoms with van der Waals surface area (Å²) in [5, 5.41) is 2.75. The largest absolute Gasteiger partial charge is 0.497 e. The van der Waals surface area contributed by atoms with Gasteiger partial charge in [0.1, 0.15) is 29.4 Å². The van der Waals surface area contributed by atoms with Crippen LogP contribution >= 0.6 is 0 Å². The maximum absolute atomic E-state index is 12.5. The molecular formula is C31H37NO7. The number of nitrogens with one attached hydrogen (secondary N) is 1. The number of hydrogen-bond acceptors (Lipinski definition) is 7. The molecule has 0 aliphatic rings. The SMILES string of the molecule is CCOCCOCCC(=O)NC(C=O)COC(c1ccccc1)(c1ccc(OC)cc1)c1ccc(OC)cc1. The van der Waals surface area contributed by atoms with Crippen molar-refractivity contribution < 1.29 is 33.3 Å². The van der Waals surface area contributed by atoms with E-state index in [9.17, 15) is 9.59 Å². The van der Waals surface area contributed by atoms with Crippen LogP contribution in [0, 0.1) is 0 Å². The van der Waals surface area contributed by atoms with Gasteiger partial charge in [-0.25, -0.2) is 0 Å². The van der Waals surface area contributed by atoms with Gasteiger partial charge in [0.15, 0.2) is 0 Å². The Bertz CT molecular complexity index is 1090. The predicted molar refractivity (Wildman–Crippen MR) is 148 cm³/mol. The molecule has 39 heavy (non-hydrogen) atoms. The monoisotopic (exact) mass is 535 g/mol. The van der Waals surface area contributed by atoms with Crippen molar-refractivity contribution in [3.05, 3.63) is 95.6 Å². The third kappa shape index (κ3) is 8.13. The molecule has 208 valence electrons. The van der Waals surface area contributed by atoms with Gasteiger partial charge in [-0.15, -0.1) is 0 Å². The van der Waals surface area contributed by atoms with E-state index >= 15 is 0 Å². The zero-order valence-corrected chi connectivity index (χ0v) is 22.8. The van der Waals surface area contributed by atoms with Crippen molar-refractivity contribution in [2.45, 2.75) is 25.0 Å². The first-order valence-electron chi connectivity index (χ1n) is 13.0. The normalized spacial score (nSPS) is 12.0. The fourth-order valence-corrected chi connectivity index (χ4v) is 4.21. The summed E-state index contributed by atoms with van der Waals surface area (Å²) in [6.45, 7) is 3.57. The summed E-state index contributed by atoms with van der Waals surface area (Å²) in [4.78, 5) is 24.5. The molecule has 1 atom stereocenters. The van der Waals surface area contributed by atoms with Gasteiger partial charge in [-0.3, -0.25) is 4.79 Å². The molecule has 3 aromatic carbocycles. The average molecular weight is 536 g/mol. The third-order valence-corrected chi connectivity index (χ3v) is 6.21. The lowest BCUT2D eigenvalue weighted by Crippen LogP contribution is -2.43. The molecule has 8 heteroatoms. The van der Waals surface area contributed by atoms with Crippen molar-refractivity contribution in [3.8, 4) is 11.5 Å². The molecule has 1 unspecified atom stereocenters. The first-order chi connectivity index (χ1) is 19.1. The van der Waals surface area contributed by atoms with Gasteiger partial charge < -0.3 is 33.8 Å². The van der Waals surface area contributed by atoms with Crippen LogP contribution < -0.4 is 14.8 Å². The highest BCUT2D eigenvalue weighted by molar-refractivity contribution is 5.79. The van der Waals surface area contributed by atoms with Crippen LogP contribution in [-0.4, -0.2) is 65.5 Å². The Hall–Kier alpha value is -3.72. The second-order valence-electron chi connectivity index (χ2n) is 8.68. The van der Waals surface area contributed by atoms with Crippen molar-refractivity contribution in [1.29, 1.82) is 0 Å². The molecule has 3 aromatic rings. The topological polar surface area (TPSA) is 92.3 Å². The molecule has 0 radical (unpaired) electrons. The van der Waals surface area contributed by atoms with E-state index in [2.05, 4.69) is 5.32 Å². The van der Waals surface area contributed by atoms with Gasteiger partial charge in [-0.1, -0.05) is 54.6 Å². The molecule has 8 nitrogen and oxygen atoms in total. The van der Waals surface area contributed by atoms with Gasteiger partial charge in [0, 0.05) is 13.0 Å². The second kappa shape index (κ2) is 15.6. The second-order valence-corrected chi connectivity index (χ2v) is 8.68. The number of carbonyl (C=O) groups is 2. The number of benzene rings is 3. The maximum Gasteiger partial charge on any atom is 0.222 e. The first kappa shape index (κ1) is 29.8.